The second-order valence-corrected chi connectivity index (χ2v) is 5.22. The number of hydrogen-bond acceptors (Lipinski definition) is 2. The Kier molecular flexibility index (Phi) is 3.63. The molecule has 5 heteroatoms. The standard InChI is InChI=1S/C17H14FNO3/c18-15-7-6-10(9-14(15)17(21)22)11-3-1-4-12(11)13-5-2-8-19-16(13)20/h2,5-9H,1,3-4H2,(H,19,20)(H,21,22). The Morgan fingerprint density at radius 3 is 2.68 bits per heavy atom. The first kappa shape index (κ1) is 14.3. The molecule has 112 valence electrons. The molecule has 0 amide bonds. The Labute approximate surface area is 125 Å². The van der Waals surface area contributed by atoms with Crippen LogP contribution in [0.15, 0.2) is 41.3 Å². The van der Waals surface area contributed by atoms with E-state index in [2.05, 4.69) is 4.98 Å². The number of aromatic nitrogens is 1. The van der Waals surface area contributed by atoms with Crippen LogP contribution in [0.5, 0.6) is 0 Å². The quantitative estimate of drug-likeness (QED) is 0.913. The lowest BCUT2D eigenvalue weighted by Gasteiger charge is -2.09. The second kappa shape index (κ2) is 5.60. The lowest BCUT2D eigenvalue weighted by atomic mass is 9.96. The van der Waals surface area contributed by atoms with Crippen molar-refractivity contribution < 1.29 is 14.3 Å². The number of carboxylic acid groups (broad SMARTS) is 1. The fourth-order valence-corrected chi connectivity index (χ4v) is 2.90. The fourth-order valence-electron chi connectivity index (χ4n) is 2.90. The van der Waals surface area contributed by atoms with Gasteiger partial charge in [0.1, 0.15) is 5.82 Å². The zero-order valence-corrected chi connectivity index (χ0v) is 11.7. The SMILES string of the molecule is O=C(O)c1cc(C2=C(c3ccc[nH]c3=O)CCC2)ccc1F. The van der Waals surface area contributed by atoms with Crippen LogP contribution in [0.3, 0.4) is 0 Å². The molecule has 0 fully saturated rings. The second-order valence-electron chi connectivity index (χ2n) is 5.22. The topological polar surface area (TPSA) is 70.2 Å². The molecule has 0 radical (unpaired) electrons. The van der Waals surface area contributed by atoms with E-state index in [1.165, 1.54) is 6.07 Å². The first-order valence-corrected chi connectivity index (χ1v) is 7.01. The number of nitrogens with one attached hydrogen (secondary N) is 1. The normalized spacial score (nSPS) is 14.4. The smallest absolute Gasteiger partial charge is 0.338 e. The van der Waals surface area contributed by atoms with Crippen LogP contribution in [0.2, 0.25) is 0 Å². The molecule has 2 N–H and O–H groups in total. The van der Waals surface area contributed by atoms with Gasteiger partial charge >= 0.3 is 5.97 Å². The first-order chi connectivity index (χ1) is 10.6. The van der Waals surface area contributed by atoms with E-state index in [0.717, 1.165) is 36.5 Å². The molecule has 1 heterocycles. The van der Waals surface area contributed by atoms with Gasteiger partial charge in [-0.25, -0.2) is 9.18 Å². The van der Waals surface area contributed by atoms with Crippen LogP contribution in [0.1, 0.15) is 40.7 Å². The van der Waals surface area contributed by atoms with E-state index in [1.54, 1.807) is 24.4 Å². The number of aromatic carboxylic acids is 1. The lowest BCUT2D eigenvalue weighted by Crippen LogP contribution is -2.10. The number of allylic oxidation sites excluding steroid dienone is 2. The number of aromatic amines is 1. The molecule has 0 saturated carbocycles. The van der Waals surface area contributed by atoms with Gasteiger partial charge in [0.15, 0.2) is 0 Å². The summed E-state index contributed by atoms with van der Waals surface area (Å²) in [5.74, 6) is -2.05. The Balaban J connectivity index is 2.16. The van der Waals surface area contributed by atoms with Crippen molar-refractivity contribution in [3.8, 4) is 0 Å². The minimum absolute atomic E-state index is 0.169. The summed E-state index contributed by atoms with van der Waals surface area (Å²) < 4.78 is 13.5. The molecule has 0 spiro atoms. The molecule has 3 rings (SSSR count). The third-order valence-corrected chi connectivity index (χ3v) is 3.91. The van der Waals surface area contributed by atoms with Gasteiger partial charge in [-0.15, -0.1) is 0 Å². The summed E-state index contributed by atoms with van der Waals surface area (Å²) in [6.07, 6.45) is 3.96. The predicted molar refractivity (Wildman–Crippen MR) is 81.1 cm³/mol. The van der Waals surface area contributed by atoms with Crippen LogP contribution in [-0.2, 0) is 0 Å². The molecule has 2 aromatic rings. The van der Waals surface area contributed by atoms with Gasteiger partial charge in [-0.1, -0.05) is 6.07 Å². The summed E-state index contributed by atoms with van der Waals surface area (Å²) in [6.45, 7) is 0. The maximum atomic E-state index is 13.5. The monoisotopic (exact) mass is 299 g/mol. The van der Waals surface area contributed by atoms with E-state index in [-0.39, 0.29) is 11.1 Å². The molecule has 1 aromatic carbocycles. The molecular formula is C17H14FNO3. The molecule has 0 bridgehead atoms. The number of hydrogen-bond donors (Lipinski definition) is 2. The molecule has 0 atom stereocenters. The van der Waals surface area contributed by atoms with E-state index in [0.29, 0.717) is 11.1 Å². The van der Waals surface area contributed by atoms with Crippen LogP contribution in [0.4, 0.5) is 4.39 Å². The molecule has 1 aromatic heterocycles. The third-order valence-electron chi connectivity index (χ3n) is 3.91. The number of carbonyl (C=O) groups is 1. The molecule has 0 aliphatic heterocycles. The minimum Gasteiger partial charge on any atom is -0.478 e. The number of carboxylic acids is 1. The van der Waals surface area contributed by atoms with Crippen molar-refractivity contribution in [2.24, 2.45) is 0 Å². The van der Waals surface area contributed by atoms with Gasteiger partial charge in [0.2, 0.25) is 0 Å². The number of benzene rings is 1. The molecule has 4 nitrogen and oxygen atoms in total. The van der Waals surface area contributed by atoms with Crippen LogP contribution in [-0.4, -0.2) is 16.1 Å². The number of rotatable bonds is 3. The Hall–Kier alpha value is -2.69. The molecule has 0 saturated heterocycles. The summed E-state index contributed by atoms with van der Waals surface area (Å²) in [4.78, 5) is 25.7. The summed E-state index contributed by atoms with van der Waals surface area (Å²) >= 11 is 0. The largest absolute Gasteiger partial charge is 0.478 e. The van der Waals surface area contributed by atoms with Gasteiger partial charge in [-0.05, 0) is 60.2 Å². The van der Waals surface area contributed by atoms with E-state index < -0.39 is 11.8 Å². The zero-order valence-electron chi connectivity index (χ0n) is 11.7. The maximum absolute atomic E-state index is 13.5. The maximum Gasteiger partial charge on any atom is 0.338 e. The van der Waals surface area contributed by atoms with Crippen LogP contribution >= 0.6 is 0 Å². The zero-order chi connectivity index (χ0) is 15.7. The van der Waals surface area contributed by atoms with E-state index >= 15 is 0 Å². The van der Waals surface area contributed by atoms with Gasteiger partial charge in [-0.3, -0.25) is 4.79 Å². The third kappa shape index (κ3) is 2.45. The van der Waals surface area contributed by atoms with Gasteiger partial charge in [0.25, 0.3) is 5.56 Å². The summed E-state index contributed by atoms with van der Waals surface area (Å²) in [7, 11) is 0. The highest BCUT2D eigenvalue weighted by atomic mass is 19.1. The van der Waals surface area contributed by atoms with Crippen molar-refractivity contribution in [2.45, 2.75) is 19.3 Å². The van der Waals surface area contributed by atoms with Crippen LogP contribution < -0.4 is 5.56 Å². The first-order valence-electron chi connectivity index (χ1n) is 7.01. The summed E-state index contributed by atoms with van der Waals surface area (Å²) in [6, 6.07) is 7.58. The van der Waals surface area contributed by atoms with Crippen molar-refractivity contribution in [3.63, 3.8) is 0 Å². The predicted octanol–water partition coefficient (Wildman–Crippen LogP) is 3.31. The van der Waals surface area contributed by atoms with Crippen LogP contribution in [0.25, 0.3) is 11.1 Å². The van der Waals surface area contributed by atoms with Crippen molar-refractivity contribution in [2.75, 3.05) is 0 Å². The Bertz CT molecular complexity index is 836. The van der Waals surface area contributed by atoms with Gasteiger partial charge < -0.3 is 10.1 Å². The van der Waals surface area contributed by atoms with E-state index in [4.69, 9.17) is 5.11 Å². The van der Waals surface area contributed by atoms with E-state index in [1.807, 2.05) is 0 Å². The number of H-pyrrole nitrogens is 1. The van der Waals surface area contributed by atoms with Gasteiger partial charge in [0.05, 0.1) is 5.56 Å². The van der Waals surface area contributed by atoms with Crippen molar-refractivity contribution in [3.05, 3.63) is 69.4 Å². The molecule has 1 aliphatic carbocycles. The van der Waals surface area contributed by atoms with Crippen LogP contribution in [0, 0.1) is 5.82 Å². The minimum atomic E-state index is -1.29. The molecule has 22 heavy (non-hydrogen) atoms. The fraction of sp³-hybridized carbons (Fsp3) is 0.176. The molecule has 1 aliphatic rings. The Morgan fingerprint density at radius 2 is 1.95 bits per heavy atom. The average molecular weight is 299 g/mol. The van der Waals surface area contributed by atoms with Gasteiger partial charge in [-0.2, -0.15) is 0 Å². The number of pyridine rings is 1. The highest BCUT2D eigenvalue weighted by molar-refractivity contribution is 5.95. The summed E-state index contributed by atoms with van der Waals surface area (Å²) in [5, 5.41) is 9.05. The number of halogens is 1. The van der Waals surface area contributed by atoms with Crippen molar-refractivity contribution >= 4 is 17.1 Å². The highest BCUT2D eigenvalue weighted by Crippen LogP contribution is 2.38. The van der Waals surface area contributed by atoms with Gasteiger partial charge in [0, 0.05) is 11.8 Å². The van der Waals surface area contributed by atoms with Crippen molar-refractivity contribution in [1.29, 1.82) is 0 Å². The summed E-state index contributed by atoms with van der Waals surface area (Å²) in [5.41, 5.74) is 2.56. The average Bonchev–Trinajstić information content (AvgIpc) is 2.97. The lowest BCUT2D eigenvalue weighted by molar-refractivity contribution is 0.0692. The van der Waals surface area contributed by atoms with Crippen molar-refractivity contribution in [1.82, 2.24) is 4.98 Å². The molecule has 0 unspecified atom stereocenters. The highest BCUT2D eigenvalue weighted by Gasteiger charge is 2.21. The molecular weight excluding hydrogens is 285 g/mol. The van der Waals surface area contributed by atoms with E-state index in [9.17, 15) is 14.0 Å². The Morgan fingerprint density at radius 1 is 1.18 bits per heavy atom.